The van der Waals surface area contributed by atoms with Crippen molar-refractivity contribution in [2.45, 2.75) is 12.7 Å². The van der Waals surface area contributed by atoms with Crippen LogP contribution in [0.3, 0.4) is 0 Å². The van der Waals surface area contributed by atoms with Crippen LogP contribution in [0.2, 0.25) is 0 Å². The second-order valence-corrected chi connectivity index (χ2v) is 6.33. The SMILES string of the molecule is O=c1c(=O)n(-c2ccccc2)ccn1Cc1nc(-c2cccc(C(F)(F)F)c2)no1. The Morgan fingerprint density at radius 3 is 2.43 bits per heavy atom. The van der Waals surface area contributed by atoms with Crippen molar-refractivity contribution >= 4 is 0 Å². The molecule has 4 aromatic rings. The van der Waals surface area contributed by atoms with Gasteiger partial charge >= 0.3 is 17.3 Å². The Hall–Kier alpha value is -3.95. The zero-order chi connectivity index (χ0) is 21.3. The summed E-state index contributed by atoms with van der Waals surface area (Å²) < 4.78 is 46.0. The summed E-state index contributed by atoms with van der Waals surface area (Å²) in [4.78, 5) is 28.8. The van der Waals surface area contributed by atoms with Crippen LogP contribution >= 0.6 is 0 Å². The van der Waals surface area contributed by atoms with E-state index in [2.05, 4.69) is 10.1 Å². The maximum atomic E-state index is 12.9. The monoisotopic (exact) mass is 414 g/mol. The molecule has 152 valence electrons. The maximum absolute atomic E-state index is 12.9. The van der Waals surface area contributed by atoms with Crippen LogP contribution in [-0.4, -0.2) is 19.3 Å². The fourth-order valence-electron chi connectivity index (χ4n) is 2.84. The van der Waals surface area contributed by atoms with Crippen LogP contribution in [0.1, 0.15) is 11.5 Å². The summed E-state index contributed by atoms with van der Waals surface area (Å²) in [5.74, 6) is -0.0804. The Kier molecular flexibility index (Phi) is 4.82. The smallest absolute Gasteiger partial charge is 0.337 e. The zero-order valence-electron chi connectivity index (χ0n) is 15.2. The van der Waals surface area contributed by atoms with E-state index in [4.69, 9.17) is 4.52 Å². The summed E-state index contributed by atoms with van der Waals surface area (Å²) in [5.41, 5.74) is -1.75. The second kappa shape index (κ2) is 7.47. The maximum Gasteiger partial charge on any atom is 0.416 e. The van der Waals surface area contributed by atoms with Crippen LogP contribution in [0.25, 0.3) is 17.1 Å². The number of aromatic nitrogens is 4. The molecule has 7 nitrogen and oxygen atoms in total. The minimum atomic E-state index is -4.50. The fraction of sp³-hybridized carbons (Fsp3) is 0.100. The highest BCUT2D eigenvalue weighted by molar-refractivity contribution is 5.55. The molecule has 30 heavy (non-hydrogen) atoms. The number of halogens is 3. The Balaban J connectivity index is 1.61. The summed E-state index contributed by atoms with van der Waals surface area (Å²) >= 11 is 0. The van der Waals surface area contributed by atoms with Gasteiger partial charge in [-0.25, -0.2) is 0 Å². The number of hydrogen-bond acceptors (Lipinski definition) is 5. The second-order valence-electron chi connectivity index (χ2n) is 6.33. The van der Waals surface area contributed by atoms with Crippen molar-refractivity contribution in [3.63, 3.8) is 0 Å². The molecule has 2 aromatic heterocycles. The molecule has 0 spiro atoms. The molecular weight excluding hydrogens is 401 g/mol. The van der Waals surface area contributed by atoms with Crippen LogP contribution in [0, 0.1) is 0 Å². The summed E-state index contributed by atoms with van der Waals surface area (Å²) in [6.07, 6.45) is -1.67. The van der Waals surface area contributed by atoms with Gasteiger partial charge in [0.05, 0.1) is 5.56 Å². The molecule has 2 heterocycles. The Bertz CT molecular complexity index is 1310. The molecule has 0 fully saturated rings. The van der Waals surface area contributed by atoms with E-state index in [1.807, 2.05) is 0 Å². The molecule has 0 aliphatic heterocycles. The molecule has 0 saturated carbocycles. The summed E-state index contributed by atoms with van der Waals surface area (Å²) in [5, 5.41) is 3.67. The van der Waals surface area contributed by atoms with E-state index in [-0.39, 0.29) is 23.8 Å². The molecular formula is C20H13F3N4O3. The standard InChI is InChI=1S/C20H13F3N4O3/c21-20(22,23)14-6-4-5-13(11-14)17-24-16(30-25-17)12-26-9-10-27(19(29)18(26)28)15-7-2-1-3-8-15/h1-11H,12H2. The third-order valence-corrected chi connectivity index (χ3v) is 4.31. The van der Waals surface area contributed by atoms with Crippen molar-refractivity contribution < 1.29 is 17.7 Å². The lowest BCUT2D eigenvalue weighted by molar-refractivity contribution is -0.137. The van der Waals surface area contributed by atoms with Crippen LogP contribution < -0.4 is 11.1 Å². The first-order chi connectivity index (χ1) is 14.3. The average Bonchev–Trinajstić information content (AvgIpc) is 3.20. The molecule has 0 aliphatic carbocycles. The van der Waals surface area contributed by atoms with E-state index >= 15 is 0 Å². The quantitative estimate of drug-likeness (QED) is 0.479. The van der Waals surface area contributed by atoms with Crippen molar-refractivity contribution in [2.24, 2.45) is 0 Å². The predicted molar refractivity (Wildman–Crippen MR) is 100 cm³/mol. The predicted octanol–water partition coefficient (Wildman–Crippen LogP) is 3.12. The highest BCUT2D eigenvalue weighted by atomic mass is 19.4. The number of alkyl halides is 3. The van der Waals surface area contributed by atoms with E-state index in [9.17, 15) is 22.8 Å². The van der Waals surface area contributed by atoms with Gasteiger partial charge in [0.2, 0.25) is 11.7 Å². The topological polar surface area (TPSA) is 82.9 Å². The number of benzene rings is 2. The van der Waals surface area contributed by atoms with Gasteiger partial charge in [-0.3, -0.25) is 18.7 Å². The average molecular weight is 414 g/mol. The zero-order valence-corrected chi connectivity index (χ0v) is 15.2. The number of hydrogen-bond donors (Lipinski definition) is 0. The van der Waals surface area contributed by atoms with Crippen molar-refractivity contribution in [3.05, 3.63) is 99.2 Å². The lowest BCUT2D eigenvalue weighted by atomic mass is 10.1. The van der Waals surface area contributed by atoms with Crippen molar-refractivity contribution in [3.8, 4) is 17.1 Å². The van der Waals surface area contributed by atoms with Gasteiger partial charge in [0.1, 0.15) is 6.54 Å². The highest BCUT2D eigenvalue weighted by Crippen LogP contribution is 2.31. The van der Waals surface area contributed by atoms with Gasteiger partial charge in [0, 0.05) is 23.6 Å². The van der Waals surface area contributed by atoms with Gasteiger partial charge in [0.25, 0.3) is 0 Å². The van der Waals surface area contributed by atoms with E-state index < -0.39 is 22.9 Å². The number of para-hydroxylation sites is 1. The molecule has 0 saturated heterocycles. The Morgan fingerprint density at radius 2 is 1.70 bits per heavy atom. The molecule has 2 aromatic carbocycles. The van der Waals surface area contributed by atoms with Crippen molar-refractivity contribution in [1.29, 1.82) is 0 Å². The molecule has 0 aliphatic rings. The lowest BCUT2D eigenvalue weighted by Gasteiger charge is -2.07. The largest absolute Gasteiger partial charge is 0.416 e. The number of rotatable bonds is 4. The van der Waals surface area contributed by atoms with Gasteiger partial charge in [-0.1, -0.05) is 35.5 Å². The lowest BCUT2D eigenvalue weighted by Crippen LogP contribution is -2.40. The minimum Gasteiger partial charge on any atom is -0.337 e. The Morgan fingerprint density at radius 1 is 0.933 bits per heavy atom. The van der Waals surface area contributed by atoms with E-state index in [0.29, 0.717) is 5.69 Å². The van der Waals surface area contributed by atoms with Gasteiger partial charge in [0.15, 0.2) is 0 Å². The number of nitrogens with zero attached hydrogens (tertiary/aromatic N) is 4. The molecule has 0 bridgehead atoms. The Labute approximate surface area is 166 Å². The third-order valence-electron chi connectivity index (χ3n) is 4.31. The van der Waals surface area contributed by atoms with Crippen molar-refractivity contribution in [1.82, 2.24) is 19.3 Å². The first-order valence-electron chi connectivity index (χ1n) is 8.71. The minimum absolute atomic E-state index is 0.0265. The molecule has 0 N–H and O–H groups in total. The van der Waals surface area contributed by atoms with E-state index in [1.165, 1.54) is 29.1 Å². The van der Waals surface area contributed by atoms with E-state index in [0.717, 1.165) is 16.7 Å². The van der Waals surface area contributed by atoms with E-state index in [1.54, 1.807) is 30.3 Å². The fourth-order valence-corrected chi connectivity index (χ4v) is 2.84. The third kappa shape index (κ3) is 3.79. The van der Waals surface area contributed by atoms with Crippen LogP contribution in [0.4, 0.5) is 13.2 Å². The normalized spacial score (nSPS) is 11.6. The van der Waals surface area contributed by atoms with Crippen LogP contribution in [0.15, 0.2) is 81.1 Å². The summed E-state index contributed by atoms with van der Waals surface area (Å²) in [6.45, 7) is -0.199. The molecule has 4 rings (SSSR count). The summed E-state index contributed by atoms with van der Waals surface area (Å²) in [7, 11) is 0. The molecule has 0 unspecified atom stereocenters. The van der Waals surface area contributed by atoms with Gasteiger partial charge in [-0.2, -0.15) is 18.2 Å². The van der Waals surface area contributed by atoms with Crippen LogP contribution in [-0.2, 0) is 12.7 Å². The first kappa shape index (κ1) is 19.4. The molecule has 0 atom stereocenters. The van der Waals surface area contributed by atoms with Gasteiger partial charge < -0.3 is 4.52 Å². The summed E-state index contributed by atoms with van der Waals surface area (Å²) in [6, 6.07) is 13.1. The highest BCUT2D eigenvalue weighted by Gasteiger charge is 2.30. The molecule has 0 radical (unpaired) electrons. The van der Waals surface area contributed by atoms with Gasteiger partial charge in [-0.05, 0) is 24.3 Å². The van der Waals surface area contributed by atoms with Crippen molar-refractivity contribution in [2.75, 3.05) is 0 Å². The van der Waals surface area contributed by atoms with Gasteiger partial charge in [-0.15, -0.1) is 0 Å². The van der Waals surface area contributed by atoms with Crippen LogP contribution in [0.5, 0.6) is 0 Å². The molecule has 0 amide bonds. The molecule has 10 heteroatoms. The first-order valence-corrected chi connectivity index (χ1v) is 8.71.